The van der Waals surface area contributed by atoms with Crippen molar-refractivity contribution in [2.24, 2.45) is 0 Å². The maximum absolute atomic E-state index is 12.7. The largest absolute Gasteiger partial charge is 0.361 e. The van der Waals surface area contributed by atoms with Gasteiger partial charge in [0.1, 0.15) is 5.82 Å². The number of aromatic amines is 1. The molecule has 0 aliphatic carbocycles. The fourth-order valence-corrected chi connectivity index (χ4v) is 3.68. The highest BCUT2D eigenvalue weighted by Gasteiger charge is 2.19. The molecule has 2 aromatic heterocycles. The summed E-state index contributed by atoms with van der Waals surface area (Å²) in [6.45, 7) is 2.02. The number of anilines is 1. The average Bonchev–Trinajstić information content (AvgIpc) is 3.07. The molecule has 0 saturated heterocycles. The minimum Gasteiger partial charge on any atom is -0.361 e. The summed E-state index contributed by atoms with van der Waals surface area (Å²) >= 11 is 0. The Morgan fingerprint density at radius 2 is 2.10 bits per heavy atom. The van der Waals surface area contributed by atoms with Crippen molar-refractivity contribution in [3.05, 3.63) is 65.5 Å². The van der Waals surface area contributed by atoms with Gasteiger partial charge in [0.25, 0.3) is 0 Å². The zero-order valence-corrected chi connectivity index (χ0v) is 16.6. The molecule has 0 saturated carbocycles. The lowest BCUT2D eigenvalue weighted by Crippen LogP contribution is -2.27. The van der Waals surface area contributed by atoms with Gasteiger partial charge in [-0.2, -0.15) is 0 Å². The monoisotopic (exact) mass is 388 g/mol. The van der Waals surface area contributed by atoms with Crippen LogP contribution in [0.3, 0.4) is 0 Å². The van der Waals surface area contributed by atoms with E-state index in [1.165, 1.54) is 0 Å². The van der Waals surface area contributed by atoms with Gasteiger partial charge in [-0.3, -0.25) is 9.59 Å². The second-order valence-corrected chi connectivity index (χ2v) is 7.43. The standard InChI is InChI=1S/C23H24N4O2/c1-15(19-14-24-20-8-4-3-7-18(19)20)27(2)22(29)11-10-16-12-17-6-5-9-21(28)26-23(17)25-13-16/h3-4,7-8,10-15,24H,5-6,9H2,1-2H3,(H,25,26,28)/b11-10+. The number of aromatic nitrogens is 2. The van der Waals surface area contributed by atoms with E-state index in [0.717, 1.165) is 40.4 Å². The summed E-state index contributed by atoms with van der Waals surface area (Å²) in [5.74, 6) is 0.551. The molecule has 29 heavy (non-hydrogen) atoms. The lowest BCUT2D eigenvalue weighted by atomic mass is 10.1. The Bertz CT molecular complexity index is 1100. The summed E-state index contributed by atoms with van der Waals surface area (Å²) in [6.07, 6.45) is 9.11. The Hall–Kier alpha value is -3.41. The predicted octanol–water partition coefficient (Wildman–Crippen LogP) is 4.07. The molecule has 1 unspecified atom stereocenters. The second kappa shape index (κ2) is 7.91. The molecular formula is C23H24N4O2. The predicted molar refractivity (Wildman–Crippen MR) is 114 cm³/mol. The van der Waals surface area contributed by atoms with Crippen molar-refractivity contribution in [3.8, 4) is 0 Å². The molecule has 6 nitrogen and oxygen atoms in total. The minimum atomic E-state index is -0.0778. The van der Waals surface area contributed by atoms with Crippen LogP contribution in [0.4, 0.5) is 5.82 Å². The third-order valence-electron chi connectivity index (χ3n) is 5.51. The van der Waals surface area contributed by atoms with E-state index in [1.807, 2.05) is 44.4 Å². The molecule has 6 heteroatoms. The Labute approximate surface area is 169 Å². The van der Waals surface area contributed by atoms with Crippen molar-refractivity contribution in [3.63, 3.8) is 0 Å². The van der Waals surface area contributed by atoms with E-state index in [2.05, 4.69) is 21.4 Å². The molecule has 1 aliphatic heterocycles. The van der Waals surface area contributed by atoms with E-state index >= 15 is 0 Å². The van der Waals surface area contributed by atoms with Crippen LogP contribution in [0.2, 0.25) is 0 Å². The average molecular weight is 388 g/mol. The normalized spacial score (nSPS) is 15.0. The number of hydrogen-bond donors (Lipinski definition) is 2. The molecule has 4 rings (SSSR count). The minimum absolute atomic E-state index is 0.00242. The lowest BCUT2D eigenvalue weighted by Gasteiger charge is -2.23. The Balaban J connectivity index is 1.49. The van der Waals surface area contributed by atoms with Crippen molar-refractivity contribution < 1.29 is 9.59 Å². The fourth-order valence-electron chi connectivity index (χ4n) is 3.68. The number of fused-ring (bicyclic) bond motifs is 2. The highest BCUT2D eigenvalue weighted by Crippen LogP contribution is 2.27. The van der Waals surface area contributed by atoms with Crippen molar-refractivity contribution in [2.75, 3.05) is 12.4 Å². The third-order valence-corrected chi connectivity index (χ3v) is 5.51. The van der Waals surface area contributed by atoms with Gasteiger partial charge < -0.3 is 15.2 Å². The number of nitrogens with zero attached hydrogens (tertiary/aromatic N) is 2. The van der Waals surface area contributed by atoms with Gasteiger partial charge in [0.15, 0.2) is 0 Å². The smallest absolute Gasteiger partial charge is 0.246 e. The van der Waals surface area contributed by atoms with Crippen molar-refractivity contribution >= 4 is 34.6 Å². The number of hydrogen-bond acceptors (Lipinski definition) is 3. The number of amides is 2. The summed E-state index contributed by atoms with van der Waals surface area (Å²) in [7, 11) is 1.81. The Morgan fingerprint density at radius 1 is 1.28 bits per heavy atom. The van der Waals surface area contributed by atoms with Gasteiger partial charge in [-0.25, -0.2) is 4.98 Å². The topological polar surface area (TPSA) is 78.1 Å². The van der Waals surface area contributed by atoms with Crippen LogP contribution in [0.5, 0.6) is 0 Å². The van der Waals surface area contributed by atoms with Crippen LogP contribution in [0.1, 0.15) is 42.5 Å². The van der Waals surface area contributed by atoms with Gasteiger partial charge in [0, 0.05) is 42.8 Å². The third kappa shape index (κ3) is 3.92. The molecule has 1 aliphatic rings. The fraction of sp³-hybridized carbons (Fsp3) is 0.261. The van der Waals surface area contributed by atoms with Gasteiger partial charge in [-0.05, 0) is 54.7 Å². The Kier molecular flexibility index (Phi) is 5.16. The molecule has 3 aromatic rings. The van der Waals surface area contributed by atoms with Gasteiger partial charge in [-0.1, -0.05) is 18.2 Å². The molecule has 0 bridgehead atoms. The first-order chi connectivity index (χ1) is 14.0. The first kappa shape index (κ1) is 18.9. The van der Waals surface area contributed by atoms with Gasteiger partial charge in [-0.15, -0.1) is 0 Å². The number of para-hydroxylation sites is 1. The molecule has 2 N–H and O–H groups in total. The van der Waals surface area contributed by atoms with Crippen LogP contribution in [-0.4, -0.2) is 33.7 Å². The van der Waals surface area contributed by atoms with E-state index in [0.29, 0.717) is 12.2 Å². The first-order valence-electron chi connectivity index (χ1n) is 9.82. The number of carbonyl (C=O) groups is 2. The summed E-state index contributed by atoms with van der Waals surface area (Å²) in [6, 6.07) is 10.0. The summed E-state index contributed by atoms with van der Waals surface area (Å²) in [5.41, 5.74) is 4.01. The van der Waals surface area contributed by atoms with Crippen LogP contribution in [0.15, 0.2) is 48.8 Å². The van der Waals surface area contributed by atoms with Crippen molar-refractivity contribution in [2.45, 2.75) is 32.2 Å². The zero-order chi connectivity index (χ0) is 20.4. The molecule has 3 heterocycles. The molecule has 1 atom stereocenters. The van der Waals surface area contributed by atoms with E-state index in [9.17, 15) is 9.59 Å². The number of aryl methyl sites for hydroxylation is 1. The van der Waals surface area contributed by atoms with Crippen LogP contribution >= 0.6 is 0 Å². The number of H-pyrrole nitrogens is 1. The highest BCUT2D eigenvalue weighted by atomic mass is 16.2. The Morgan fingerprint density at radius 3 is 2.97 bits per heavy atom. The molecule has 0 spiro atoms. The zero-order valence-electron chi connectivity index (χ0n) is 16.6. The summed E-state index contributed by atoms with van der Waals surface area (Å²) in [4.78, 5) is 33.7. The summed E-state index contributed by atoms with van der Waals surface area (Å²) < 4.78 is 0. The molecular weight excluding hydrogens is 364 g/mol. The quantitative estimate of drug-likeness (QED) is 0.662. The number of carbonyl (C=O) groups excluding carboxylic acids is 2. The molecule has 0 radical (unpaired) electrons. The molecule has 148 valence electrons. The van der Waals surface area contributed by atoms with E-state index in [4.69, 9.17) is 0 Å². The van der Waals surface area contributed by atoms with Gasteiger partial charge >= 0.3 is 0 Å². The summed E-state index contributed by atoms with van der Waals surface area (Å²) in [5, 5.41) is 3.95. The van der Waals surface area contributed by atoms with E-state index in [-0.39, 0.29) is 17.9 Å². The maximum Gasteiger partial charge on any atom is 0.246 e. The number of pyridine rings is 1. The molecule has 2 amide bonds. The number of nitrogens with one attached hydrogen (secondary N) is 2. The number of likely N-dealkylation sites (N-methyl/N-ethyl adjacent to an activating group) is 1. The van der Waals surface area contributed by atoms with E-state index in [1.54, 1.807) is 23.2 Å². The van der Waals surface area contributed by atoms with Gasteiger partial charge in [0.05, 0.1) is 6.04 Å². The second-order valence-electron chi connectivity index (χ2n) is 7.43. The van der Waals surface area contributed by atoms with Crippen molar-refractivity contribution in [1.82, 2.24) is 14.9 Å². The molecule has 0 fully saturated rings. The van der Waals surface area contributed by atoms with Crippen LogP contribution in [-0.2, 0) is 16.0 Å². The van der Waals surface area contributed by atoms with E-state index < -0.39 is 0 Å². The van der Waals surface area contributed by atoms with Crippen LogP contribution in [0.25, 0.3) is 17.0 Å². The highest BCUT2D eigenvalue weighted by molar-refractivity contribution is 5.93. The van der Waals surface area contributed by atoms with Gasteiger partial charge in [0.2, 0.25) is 11.8 Å². The number of benzene rings is 1. The first-order valence-corrected chi connectivity index (χ1v) is 9.82. The number of rotatable bonds is 4. The maximum atomic E-state index is 12.7. The van der Waals surface area contributed by atoms with Crippen LogP contribution in [0, 0.1) is 0 Å². The SMILES string of the molecule is CC(c1c[nH]c2ccccc12)N(C)C(=O)/C=C/c1cnc2c(c1)CCCC(=O)N2. The molecule has 1 aromatic carbocycles. The van der Waals surface area contributed by atoms with Crippen LogP contribution < -0.4 is 5.32 Å². The lowest BCUT2D eigenvalue weighted by molar-refractivity contribution is -0.126. The van der Waals surface area contributed by atoms with Crippen molar-refractivity contribution in [1.29, 1.82) is 0 Å².